The van der Waals surface area contributed by atoms with Gasteiger partial charge in [-0.1, -0.05) is 46.3 Å². The number of non-ortho nitro benzene ring substituents is 1. The van der Waals surface area contributed by atoms with Gasteiger partial charge >= 0.3 is 5.97 Å². The van der Waals surface area contributed by atoms with E-state index in [1.165, 1.54) is 12.1 Å². The van der Waals surface area contributed by atoms with E-state index >= 15 is 0 Å². The molecule has 5 rings (SSSR count). The monoisotopic (exact) mass is 510 g/mol. The topological polar surface area (TPSA) is 91.1 Å². The minimum absolute atomic E-state index is 0.130. The SMILES string of the molecule is CCOC(=O)[C@@H]1N(c2ccc(Br)cc2)[C@H]2O[C@]1(c1cccc([N+](=O)[O-])c1)Oc1ccccc12. The minimum Gasteiger partial charge on any atom is -0.464 e. The second kappa shape index (κ2) is 8.17. The number of hydrogen-bond donors (Lipinski definition) is 0. The van der Waals surface area contributed by atoms with Crippen molar-refractivity contribution in [2.45, 2.75) is 25.0 Å². The number of para-hydroxylation sites is 1. The summed E-state index contributed by atoms with van der Waals surface area (Å²) in [6.45, 7) is 1.88. The van der Waals surface area contributed by atoms with Crippen LogP contribution in [0, 0.1) is 10.1 Å². The number of carbonyl (C=O) groups excluding carboxylic acids is 1. The summed E-state index contributed by atoms with van der Waals surface area (Å²) >= 11 is 3.44. The molecule has 0 amide bonds. The van der Waals surface area contributed by atoms with Gasteiger partial charge in [0.1, 0.15) is 5.75 Å². The Bertz CT molecular complexity index is 1230. The first-order valence-electron chi connectivity index (χ1n) is 10.4. The molecule has 3 atom stereocenters. The molecule has 9 heteroatoms. The molecule has 0 aromatic heterocycles. The molecule has 2 aliphatic heterocycles. The van der Waals surface area contributed by atoms with E-state index in [0.29, 0.717) is 17.0 Å². The van der Waals surface area contributed by atoms with Crippen molar-refractivity contribution < 1.29 is 23.9 Å². The highest BCUT2D eigenvalue weighted by molar-refractivity contribution is 9.10. The van der Waals surface area contributed by atoms with Gasteiger partial charge in [-0.2, -0.15) is 0 Å². The molecule has 8 nitrogen and oxygen atoms in total. The zero-order valence-electron chi connectivity index (χ0n) is 17.5. The van der Waals surface area contributed by atoms with Crippen molar-refractivity contribution in [2.75, 3.05) is 11.5 Å². The second-order valence-electron chi connectivity index (χ2n) is 7.62. The van der Waals surface area contributed by atoms with Crippen molar-refractivity contribution in [3.05, 3.63) is 98.5 Å². The lowest BCUT2D eigenvalue weighted by Gasteiger charge is -2.36. The molecule has 1 saturated heterocycles. The Balaban J connectivity index is 1.76. The fourth-order valence-electron chi connectivity index (χ4n) is 4.35. The number of anilines is 1. The Morgan fingerprint density at radius 2 is 1.91 bits per heavy atom. The van der Waals surface area contributed by atoms with Crippen molar-refractivity contribution >= 4 is 33.3 Å². The van der Waals surface area contributed by atoms with Crippen LogP contribution in [0.2, 0.25) is 0 Å². The molecule has 0 N–H and O–H groups in total. The fraction of sp³-hybridized carbons (Fsp3) is 0.208. The van der Waals surface area contributed by atoms with Crippen LogP contribution in [0.15, 0.2) is 77.3 Å². The fourth-order valence-corrected chi connectivity index (χ4v) is 4.61. The average molecular weight is 511 g/mol. The highest BCUT2D eigenvalue weighted by atomic mass is 79.9. The number of rotatable bonds is 5. The van der Waals surface area contributed by atoms with Gasteiger partial charge in [0.05, 0.1) is 11.5 Å². The molecule has 0 aliphatic carbocycles. The van der Waals surface area contributed by atoms with Crippen LogP contribution >= 0.6 is 15.9 Å². The summed E-state index contributed by atoms with van der Waals surface area (Å²) in [6.07, 6.45) is -0.676. The Hall–Kier alpha value is -3.43. The van der Waals surface area contributed by atoms with Crippen LogP contribution < -0.4 is 9.64 Å². The number of halogens is 1. The van der Waals surface area contributed by atoms with Gasteiger partial charge in [-0.05, 0) is 37.3 Å². The second-order valence-corrected chi connectivity index (χ2v) is 8.54. The third-order valence-corrected chi connectivity index (χ3v) is 6.25. The van der Waals surface area contributed by atoms with Gasteiger partial charge in [0.25, 0.3) is 11.5 Å². The Morgan fingerprint density at radius 1 is 1.15 bits per heavy atom. The van der Waals surface area contributed by atoms with Crippen LogP contribution in [0.25, 0.3) is 0 Å². The lowest BCUT2D eigenvalue weighted by atomic mass is 9.96. The third kappa shape index (κ3) is 3.44. The summed E-state index contributed by atoms with van der Waals surface area (Å²) in [7, 11) is 0. The highest BCUT2D eigenvalue weighted by Gasteiger charge is 2.64. The molecule has 1 fully saturated rings. The summed E-state index contributed by atoms with van der Waals surface area (Å²) in [5, 5.41) is 11.5. The van der Waals surface area contributed by atoms with E-state index in [-0.39, 0.29) is 12.3 Å². The van der Waals surface area contributed by atoms with E-state index in [1.54, 1.807) is 25.1 Å². The number of nitro benzene ring substituents is 1. The van der Waals surface area contributed by atoms with Crippen LogP contribution in [0.4, 0.5) is 11.4 Å². The lowest BCUT2D eigenvalue weighted by molar-refractivity contribution is -0.385. The Kier molecular flexibility index (Phi) is 5.30. The van der Waals surface area contributed by atoms with Crippen LogP contribution in [0.1, 0.15) is 24.3 Å². The molecular formula is C24H19BrN2O6. The summed E-state index contributed by atoms with van der Waals surface area (Å²) in [5.41, 5.74) is 1.69. The first-order chi connectivity index (χ1) is 15.9. The zero-order valence-corrected chi connectivity index (χ0v) is 19.1. The first-order valence-corrected chi connectivity index (χ1v) is 11.1. The number of ether oxygens (including phenoxy) is 3. The van der Waals surface area contributed by atoms with E-state index in [2.05, 4.69) is 15.9 Å². The molecule has 168 valence electrons. The molecule has 3 aromatic rings. The van der Waals surface area contributed by atoms with Gasteiger partial charge in [-0.3, -0.25) is 10.1 Å². The lowest BCUT2D eigenvalue weighted by Crippen LogP contribution is -2.52. The standard InChI is InChI=1S/C24H19BrN2O6/c1-2-31-23(28)21-24(15-6-5-7-18(14-15)27(29)30)32-20-9-4-3-8-19(20)22(33-24)26(21)17-12-10-16(25)11-13-17/h3-14,21-22H,2H2,1H3/t21-,22-,24-/m0/s1. The Morgan fingerprint density at radius 3 is 2.64 bits per heavy atom. The van der Waals surface area contributed by atoms with Gasteiger partial charge in [0.15, 0.2) is 6.23 Å². The molecule has 0 unspecified atom stereocenters. The molecule has 0 spiro atoms. The molecule has 0 saturated carbocycles. The highest BCUT2D eigenvalue weighted by Crippen LogP contribution is 2.56. The molecule has 33 heavy (non-hydrogen) atoms. The Labute approximate surface area is 198 Å². The normalized spacial score (nSPS) is 22.9. The number of carbonyl (C=O) groups is 1. The van der Waals surface area contributed by atoms with Gasteiger partial charge < -0.3 is 19.1 Å². The van der Waals surface area contributed by atoms with Crippen molar-refractivity contribution in [3.63, 3.8) is 0 Å². The maximum atomic E-state index is 13.4. The van der Waals surface area contributed by atoms with Crippen molar-refractivity contribution in [1.29, 1.82) is 0 Å². The summed E-state index contributed by atoms with van der Waals surface area (Å²) in [6, 6.07) is 19.7. The zero-order chi connectivity index (χ0) is 23.2. The number of hydrogen-bond acceptors (Lipinski definition) is 7. The van der Waals surface area contributed by atoms with E-state index < -0.39 is 28.9 Å². The maximum Gasteiger partial charge on any atom is 0.336 e. The van der Waals surface area contributed by atoms with Crippen molar-refractivity contribution in [3.8, 4) is 5.75 Å². The van der Waals surface area contributed by atoms with E-state index in [9.17, 15) is 14.9 Å². The number of esters is 1. The summed E-state index contributed by atoms with van der Waals surface area (Å²) in [4.78, 5) is 26.2. The molecule has 0 radical (unpaired) electrons. The van der Waals surface area contributed by atoms with Crippen molar-refractivity contribution in [2.24, 2.45) is 0 Å². The average Bonchev–Trinajstić information content (AvgIpc) is 3.10. The number of nitro groups is 1. The quantitative estimate of drug-likeness (QED) is 0.268. The number of fused-ring (bicyclic) bond motifs is 4. The van der Waals surface area contributed by atoms with E-state index in [1.807, 2.05) is 47.4 Å². The molecular weight excluding hydrogens is 492 g/mol. The van der Waals surface area contributed by atoms with Gasteiger partial charge in [0, 0.05) is 33.4 Å². The van der Waals surface area contributed by atoms with Crippen LogP contribution in [-0.4, -0.2) is 23.5 Å². The van der Waals surface area contributed by atoms with E-state index in [0.717, 1.165) is 10.0 Å². The van der Waals surface area contributed by atoms with E-state index in [4.69, 9.17) is 14.2 Å². The maximum absolute atomic E-state index is 13.4. The van der Waals surface area contributed by atoms with Crippen LogP contribution in [0.5, 0.6) is 5.75 Å². The van der Waals surface area contributed by atoms with Crippen LogP contribution in [0.3, 0.4) is 0 Å². The molecule has 2 aliphatic rings. The molecule has 3 aromatic carbocycles. The number of nitrogens with zero attached hydrogens (tertiary/aromatic N) is 2. The van der Waals surface area contributed by atoms with Crippen molar-refractivity contribution in [1.82, 2.24) is 0 Å². The third-order valence-electron chi connectivity index (χ3n) is 5.72. The summed E-state index contributed by atoms with van der Waals surface area (Å²) in [5.74, 6) is -1.67. The predicted molar refractivity (Wildman–Crippen MR) is 123 cm³/mol. The van der Waals surface area contributed by atoms with Crippen LogP contribution in [-0.2, 0) is 20.1 Å². The van der Waals surface area contributed by atoms with Gasteiger partial charge in [-0.25, -0.2) is 4.79 Å². The summed E-state index contributed by atoms with van der Waals surface area (Å²) < 4.78 is 19.2. The predicted octanol–water partition coefficient (Wildman–Crippen LogP) is 5.07. The largest absolute Gasteiger partial charge is 0.464 e. The smallest absolute Gasteiger partial charge is 0.336 e. The van der Waals surface area contributed by atoms with Gasteiger partial charge in [0.2, 0.25) is 6.04 Å². The number of benzene rings is 3. The first kappa shape index (κ1) is 21.4. The molecule has 2 heterocycles. The molecule has 2 bridgehead atoms. The van der Waals surface area contributed by atoms with Gasteiger partial charge in [-0.15, -0.1) is 0 Å². The minimum atomic E-state index is -1.65.